The summed E-state index contributed by atoms with van der Waals surface area (Å²) in [6.45, 7) is 5.04. The summed E-state index contributed by atoms with van der Waals surface area (Å²) in [4.78, 5) is 17.6. The number of thiophene rings is 1. The molecule has 0 radical (unpaired) electrons. The summed E-state index contributed by atoms with van der Waals surface area (Å²) in [6.07, 6.45) is 4.46. The maximum atomic E-state index is 12.9. The minimum atomic E-state index is -3.68. The summed E-state index contributed by atoms with van der Waals surface area (Å²) in [5.41, 5.74) is 0. The number of carbonyl (C=O) groups is 1. The highest BCUT2D eigenvalue weighted by atomic mass is 32.2. The van der Waals surface area contributed by atoms with Crippen molar-refractivity contribution in [3.05, 3.63) is 34.9 Å². The average molecular weight is 397 g/mol. The molecular weight excluding hydrogens is 372 g/mol. The van der Waals surface area contributed by atoms with Gasteiger partial charge >= 0.3 is 0 Å². The van der Waals surface area contributed by atoms with Gasteiger partial charge in [-0.25, -0.2) is 13.4 Å². The Morgan fingerprint density at radius 2 is 2.27 bits per heavy atom. The van der Waals surface area contributed by atoms with Crippen molar-refractivity contribution in [2.75, 3.05) is 13.1 Å². The molecule has 7 nitrogen and oxygen atoms in total. The first-order chi connectivity index (χ1) is 12.4. The van der Waals surface area contributed by atoms with Gasteiger partial charge in [0.25, 0.3) is 10.0 Å². The number of piperidine rings is 1. The van der Waals surface area contributed by atoms with Crippen molar-refractivity contribution in [1.29, 1.82) is 0 Å². The van der Waals surface area contributed by atoms with E-state index >= 15 is 0 Å². The zero-order valence-electron chi connectivity index (χ0n) is 15.0. The summed E-state index contributed by atoms with van der Waals surface area (Å²) in [5, 5.41) is 4.93. The van der Waals surface area contributed by atoms with Gasteiger partial charge < -0.3 is 9.88 Å². The standard InChI is InChI=1S/C17H24N4O3S2/c1-13(2)20-11-16(19-12-20)26(23,24)21-7-3-5-14(10-21)17(22)18-9-15-6-4-8-25-15/h4,6,8,11-14H,3,5,7,9-10H2,1-2H3,(H,18,22)/t14-/m1/s1. The van der Waals surface area contributed by atoms with Crippen molar-refractivity contribution in [3.8, 4) is 0 Å². The zero-order valence-corrected chi connectivity index (χ0v) is 16.6. The number of amides is 1. The summed E-state index contributed by atoms with van der Waals surface area (Å²) in [6, 6.07) is 4.05. The Balaban J connectivity index is 1.65. The van der Waals surface area contributed by atoms with E-state index in [4.69, 9.17) is 0 Å². The molecule has 3 rings (SSSR count). The first-order valence-electron chi connectivity index (χ1n) is 8.71. The SMILES string of the molecule is CC(C)n1cnc(S(=O)(=O)N2CCC[C@@H](C(=O)NCc3cccs3)C2)c1. The highest BCUT2D eigenvalue weighted by Crippen LogP contribution is 2.24. The van der Waals surface area contributed by atoms with Gasteiger partial charge in [0.05, 0.1) is 18.8 Å². The lowest BCUT2D eigenvalue weighted by Gasteiger charge is -2.30. The van der Waals surface area contributed by atoms with Crippen molar-refractivity contribution in [2.24, 2.45) is 5.92 Å². The van der Waals surface area contributed by atoms with Crippen molar-refractivity contribution in [3.63, 3.8) is 0 Å². The van der Waals surface area contributed by atoms with Crippen LogP contribution in [0.2, 0.25) is 0 Å². The van der Waals surface area contributed by atoms with Gasteiger partial charge in [-0.2, -0.15) is 4.31 Å². The smallest absolute Gasteiger partial charge is 0.262 e. The number of carbonyl (C=O) groups excluding carboxylic acids is 1. The molecule has 0 spiro atoms. The molecular formula is C17H24N4O3S2. The van der Waals surface area contributed by atoms with Crippen LogP contribution in [0, 0.1) is 5.92 Å². The first-order valence-corrected chi connectivity index (χ1v) is 11.0. The molecule has 9 heteroatoms. The van der Waals surface area contributed by atoms with E-state index in [1.165, 1.54) is 10.6 Å². The van der Waals surface area contributed by atoms with Crippen LogP contribution in [-0.2, 0) is 21.4 Å². The van der Waals surface area contributed by atoms with E-state index in [1.807, 2.05) is 31.4 Å². The zero-order chi connectivity index (χ0) is 18.7. The van der Waals surface area contributed by atoms with Crippen molar-refractivity contribution in [1.82, 2.24) is 19.2 Å². The van der Waals surface area contributed by atoms with Crippen LogP contribution < -0.4 is 5.32 Å². The van der Waals surface area contributed by atoms with Gasteiger partial charge in [-0.1, -0.05) is 6.07 Å². The van der Waals surface area contributed by atoms with Crippen LogP contribution in [0.1, 0.15) is 37.6 Å². The predicted molar refractivity (Wildman–Crippen MR) is 100 cm³/mol. The number of nitrogens with zero attached hydrogens (tertiary/aromatic N) is 3. The fourth-order valence-electron chi connectivity index (χ4n) is 2.97. The minimum Gasteiger partial charge on any atom is -0.351 e. The third-order valence-corrected chi connectivity index (χ3v) is 7.18. The fraction of sp³-hybridized carbons (Fsp3) is 0.529. The predicted octanol–water partition coefficient (Wildman–Crippen LogP) is 2.24. The Kier molecular flexibility index (Phi) is 5.79. The van der Waals surface area contributed by atoms with Crippen molar-refractivity contribution in [2.45, 2.75) is 44.3 Å². The second-order valence-corrected chi connectivity index (χ2v) is 9.67. The van der Waals surface area contributed by atoms with E-state index in [2.05, 4.69) is 10.3 Å². The van der Waals surface area contributed by atoms with Gasteiger partial charge in [-0.05, 0) is 38.1 Å². The second kappa shape index (κ2) is 7.89. The summed E-state index contributed by atoms with van der Waals surface area (Å²) < 4.78 is 28.9. The molecule has 0 saturated carbocycles. The lowest BCUT2D eigenvalue weighted by atomic mass is 9.99. The molecule has 1 aliphatic heterocycles. The Morgan fingerprint density at radius 3 is 2.92 bits per heavy atom. The van der Waals surface area contributed by atoms with E-state index in [-0.39, 0.29) is 29.4 Å². The number of aromatic nitrogens is 2. The maximum absolute atomic E-state index is 12.9. The van der Waals surface area contributed by atoms with Gasteiger partial charge in [-0.3, -0.25) is 4.79 Å². The normalized spacial score (nSPS) is 19.0. The van der Waals surface area contributed by atoms with Crippen molar-refractivity contribution < 1.29 is 13.2 Å². The monoisotopic (exact) mass is 396 g/mol. The van der Waals surface area contributed by atoms with E-state index < -0.39 is 10.0 Å². The van der Waals surface area contributed by atoms with Crippen LogP contribution in [0.5, 0.6) is 0 Å². The van der Waals surface area contributed by atoms with E-state index in [0.717, 1.165) is 4.88 Å². The van der Waals surface area contributed by atoms with Crippen LogP contribution in [0.3, 0.4) is 0 Å². The van der Waals surface area contributed by atoms with E-state index in [0.29, 0.717) is 25.9 Å². The van der Waals surface area contributed by atoms with E-state index in [1.54, 1.807) is 22.1 Å². The highest BCUT2D eigenvalue weighted by molar-refractivity contribution is 7.89. The highest BCUT2D eigenvalue weighted by Gasteiger charge is 2.34. The Bertz CT molecular complexity index is 843. The van der Waals surface area contributed by atoms with Gasteiger partial charge in [-0.15, -0.1) is 11.3 Å². The van der Waals surface area contributed by atoms with Crippen LogP contribution >= 0.6 is 11.3 Å². The third-order valence-electron chi connectivity index (χ3n) is 4.55. The van der Waals surface area contributed by atoms with Gasteiger partial charge in [0.2, 0.25) is 5.91 Å². The number of hydrogen-bond donors (Lipinski definition) is 1. The molecule has 0 unspecified atom stereocenters. The molecule has 3 heterocycles. The Morgan fingerprint density at radius 1 is 1.46 bits per heavy atom. The molecule has 1 atom stereocenters. The van der Waals surface area contributed by atoms with Gasteiger partial charge in [0.15, 0.2) is 5.03 Å². The molecule has 0 aromatic carbocycles. The molecule has 2 aromatic heterocycles. The number of nitrogens with one attached hydrogen (secondary N) is 1. The van der Waals surface area contributed by atoms with E-state index in [9.17, 15) is 13.2 Å². The number of imidazole rings is 1. The molecule has 26 heavy (non-hydrogen) atoms. The molecule has 1 N–H and O–H groups in total. The number of hydrogen-bond acceptors (Lipinski definition) is 5. The molecule has 142 valence electrons. The molecule has 0 aliphatic carbocycles. The summed E-state index contributed by atoms with van der Waals surface area (Å²) in [5.74, 6) is -0.420. The average Bonchev–Trinajstić information content (AvgIpc) is 3.31. The Labute approximate surface area is 158 Å². The second-order valence-electron chi connectivity index (χ2n) is 6.75. The first kappa shape index (κ1) is 19.1. The lowest BCUT2D eigenvalue weighted by Crippen LogP contribution is -2.45. The van der Waals surface area contributed by atoms with Gasteiger partial charge in [0.1, 0.15) is 0 Å². The molecule has 1 saturated heterocycles. The van der Waals surface area contributed by atoms with Crippen LogP contribution in [0.4, 0.5) is 0 Å². The van der Waals surface area contributed by atoms with Crippen molar-refractivity contribution >= 4 is 27.3 Å². The molecule has 0 bridgehead atoms. The van der Waals surface area contributed by atoms with Crippen LogP contribution in [0.15, 0.2) is 35.1 Å². The maximum Gasteiger partial charge on any atom is 0.262 e. The summed E-state index contributed by atoms with van der Waals surface area (Å²) >= 11 is 1.59. The Hall–Kier alpha value is -1.71. The lowest BCUT2D eigenvalue weighted by molar-refractivity contribution is -0.126. The van der Waals surface area contributed by atoms with Crippen LogP contribution in [0.25, 0.3) is 0 Å². The topological polar surface area (TPSA) is 84.3 Å². The number of sulfonamides is 1. The molecule has 1 amide bonds. The van der Waals surface area contributed by atoms with Gasteiger partial charge in [0, 0.05) is 30.2 Å². The summed E-state index contributed by atoms with van der Waals surface area (Å²) in [7, 11) is -3.68. The molecule has 2 aromatic rings. The molecule has 1 fully saturated rings. The van der Waals surface area contributed by atoms with Crippen LogP contribution in [-0.4, -0.2) is 41.3 Å². The fourth-order valence-corrected chi connectivity index (χ4v) is 5.06. The largest absolute Gasteiger partial charge is 0.351 e. The number of rotatable bonds is 6. The molecule has 1 aliphatic rings. The third kappa shape index (κ3) is 4.16. The quantitative estimate of drug-likeness (QED) is 0.812. The minimum absolute atomic E-state index is 0.0471.